The van der Waals surface area contributed by atoms with Gasteiger partial charge in [0.25, 0.3) is 0 Å². The molecule has 0 bridgehead atoms. The molecule has 3 aromatic rings. The molecule has 0 aliphatic carbocycles. The molecule has 0 atom stereocenters. The fourth-order valence-corrected chi connectivity index (χ4v) is 4.37. The smallest absolute Gasteiger partial charge is 0.322 e. The Balaban J connectivity index is 1.67. The molecule has 1 saturated heterocycles. The Morgan fingerprint density at radius 2 is 2.00 bits per heavy atom. The second-order valence-corrected chi connectivity index (χ2v) is 8.18. The number of thiazole rings is 1. The maximum Gasteiger partial charge on any atom is 0.326 e. The predicted octanol–water partition coefficient (Wildman–Crippen LogP) is 3.63. The molecule has 0 unspecified atom stereocenters. The van der Waals surface area contributed by atoms with E-state index in [1.807, 2.05) is 23.2 Å². The van der Waals surface area contributed by atoms with Crippen molar-refractivity contribution in [1.82, 2.24) is 19.8 Å². The van der Waals surface area contributed by atoms with Gasteiger partial charge in [0.15, 0.2) is 5.13 Å². The molecule has 0 radical (unpaired) electrons. The van der Waals surface area contributed by atoms with Crippen molar-refractivity contribution >= 4 is 32.7 Å². The molecule has 2 aromatic heterocycles. The molecule has 0 saturated carbocycles. The summed E-state index contributed by atoms with van der Waals surface area (Å²) in [6.45, 7) is 5.89. The summed E-state index contributed by atoms with van der Waals surface area (Å²) in [7, 11) is 2.09. The molecule has 0 spiro atoms. The van der Waals surface area contributed by atoms with E-state index < -0.39 is 0 Å². The van der Waals surface area contributed by atoms with E-state index in [-0.39, 0.29) is 6.03 Å². The van der Waals surface area contributed by atoms with Gasteiger partial charge in [0.2, 0.25) is 0 Å². The summed E-state index contributed by atoms with van der Waals surface area (Å²) in [4.78, 5) is 28.4. The number of carbonyl (C=O) groups excluding carboxylic acids is 1. The van der Waals surface area contributed by atoms with Gasteiger partial charge in [-0.15, -0.1) is 0 Å². The Morgan fingerprint density at radius 3 is 2.71 bits per heavy atom. The van der Waals surface area contributed by atoms with Crippen LogP contribution < -0.4 is 4.90 Å². The van der Waals surface area contributed by atoms with Gasteiger partial charge in [-0.25, -0.2) is 9.78 Å². The standard InChI is InChI=1S/C21H25N5OS/c1-3-16-6-7-18-19(13-16)28-20(23-18)26(15-17-5-4-8-22-14-17)21(27)25-11-9-24(2)10-12-25/h4-8,13-14H,3,9-12,15H2,1-2H3. The fourth-order valence-electron chi connectivity index (χ4n) is 3.35. The number of piperazine rings is 1. The minimum absolute atomic E-state index is 0.0201. The largest absolute Gasteiger partial charge is 0.326 e. The number of fused-ring (bicyclic) bond motifs is 1. The van der Waals surface area contributed by atoms with Crippen LogP contribution in [0.5, 0.6) is 0 Å². The van der Waals surface area contributed by atoms with Crippen molar-refractivity contribution in [2.75, 3.05) is 38.1 Å². The molecule has 7 heteroatoms. The molecule has 28 heavy (non-hydrogen) atoms. The van der Waals surface area contributed by atoms with Crippen LogP contribution in [0.4, 0.5) is 9.93 Å². The van der Waals surface area contributed by atoms with Crippen molar-refractivity contribution in [2.45, 2.75) is 19.9 Å². The van der Waals surface area contributed by atoms with Crippen LogP contribution in [0, 0.1) is 0 Å². The minimum Gasteiger partial charge on any atom is -0.322 e. The topological polar surface area (TPSA) is 52.6 Å². The first kappa shape index (κ1) is 18.8. The molecule has 1 aliphatic rings. The number of carbonyl (C=O) groups is 1. The SMILES string of the molecule is CCc1ccc2nc(N(Cc3cccnc3)C(=O)N3CCN(C)CC3)sc2c1. The highest BCUT2D eigenvalue weighted by Gasteiger charge is 2.27. The first-order valence-corrected chi connectivity index (χ1v) is 10.5. The van der Waals surface area contributed by atoms with Crippen molar-refractivity contribution in [3.63, 3.8) is 0 Å². The van der Waals surface area contributed by atoms with E-state index in [9.17, 15) is 4.79 Å². The van der Waals surface area contributed by atoms with Crippen molar-refractivity contribution in [3.05, 3.63) is 53.9 Å². The lowest BCUT2D eigenvalue weighted by atomic mass is 10.2. The van der Waals surface area contributed by atoms with E-state index in [1.54, 1.807) is 22.4 Å². The molecule has 6 nitrogen and oxygen atoms in total. The van der Waals surface area contributed by atoms with E-state index in [0.29, 0.717) is 6.54 Å². The first-order chi connectivity index (χ1) is 13.6. The normalized spacial score (nSPS) is 15.1. The summed E-state index contributed by atoms with van der Waals surface area (Å²) in [6, 6.07) is 10.3. The van der Waals surface area contributed by atoms with E-state index in [1.165, 1.54) is 5.56 Å². The van der Waals surface area contributed by atoms with Crippen LogP contribution in [0.1, 0.15) is 18.1 Å². The Bertz CT molecular complexity index is 950. The third kappa shape index (κ3) is 4.00. The van der Waals surface area contributed by atoms with Gasteiger partial charge in [0.1, 0.15) is 0 Å². The molecule has 4 rings (SSSR count). The Kier molecular flexibility index (Phi) is 5.54. The third-order valence-electron chi connectivity index (χ3n) is 5.15. The molecule has 3 heterocycles. The molecular weight excluding hydrogens is 370 g/mol. The maximum atomic E-state index is 13.4. The highest BCUT2D eigenvalue weighted by Crippen LogP contribution is 2.31. The summed E-state index contributed by atoms with van der Waals surface area (Å²) in [5, 5.41) is 0.746. The number of anilines is 1. The van der Waals surface area contributed by atoms with Crippen molar-refractivity contribution in [2.24, 2.45) is 0 Å². The fraction of sp³-hybridized carbons (Fsp3) is 0.381. The van der Waals surface area contributed by atoms with Gasteiger partial charge in [-0.3, -0.25) is 9.88 Å². The number of aromatic nitrogens is 2. The number of nitrogens with zero attached hydrogens (tertiary/aromatic N) is 5. The summed E-state index contributed by atoms with van der Waals surface area (Å²) in [5.74, 6) is 0. The lowest BCUT2D eigenvalue weighted by molar-refractivity contribution is 0.159. The molecular formula is C21H25N5OS. The second kappa shape index (κ2) is 8.24. The number of amides is 2. The quantitative estimate of drug-likeness (QED) is 0.677. The average Bonchev–Trinajstić information content (AvgIpc) is 3.15. The highest BCUT2D eigenvalue weighted by atomic mass is 32.1. The number of urea groups is 1. The van der Waals surface area contributed by atoms with Crippen LogP contribution in [-0.4, -0.2) is 59.0 Å². The first-order valence-electron chi connectivity index (χ1n) is 9.67. The lowest BCUT2D eigenvalue weighted by Gasteiger charge is -2.35. The summed E-state index contributed by atoms with van der Waals surface area (Å²) >= 11 is 1.58. The zero-order valence-electron chi connectivity index (χ0n) is 16.3. The van der Waals surface area contributed by atoms with Crippen molar-refractivity contribution in [1.29, 1.82) is 0 Å². The van der Waals surface area contributed by atoms with Crippen LogP contribution in [0.25, 0.3) is 10.2 Å². The van der Waals surface area contributed by atoms with Crippen molar-refractivity contribution in [3.8, 4) is 0 Å². The number of pyridine rings is 1. The Morgan fingerprint density at radius 1 is 1.18 bits per heavy atom. The minimum atomic E-state index is 0.0201. The lowest BCUT2D eigenvalue weighted by Crippen LogP contribution is -2.51. The van der Waals surface area contributed by atoms with E-state index in [2.05, 4.69) is 42.1 Å². The summed E-state index contributed by atoms with van der Waals surface area (Å²) in [6.07, 6.45) is 4.55. The Labute approximate surface area is 169 Å². The van der Waals surface area contributed by atoms with Crippen LogP contribution >= 0.6 is 11.3 Å². The predicted molar refractivity (Wildman–Crippen MR) is 114 cm³/mol. The monoisotopic (exact) mass is 395 g/mol. The summed E-state index contributed by atoms with van der Waals surface area (Å²) < 4.78 is 1.12. The van der Waals surface area contributed by atoms with E-state index in [4.69, 9.17) is 4.98 Å². The van der Waals surface area contributed by atoms with Crippen LogP contribution in [0.2, 0.25) is 0 Å². The zero-order valence-corrected chi connectivity index (χ0v) is 17.2. The molecule has 1 fully saturated rings. The number of rotatable bonds is 4. The maximum absolute atomic E-state index is 13.4. The molecule has 2 amide bonds. The molecule has 0 N–H and O–H groups in total. The number of benzene rings is 1. The van der Waals surface area contributed by atoms with E-state index >= 15 is 0 Å². The zero-order chi connectivity index (χ0) is 19.5. The second-order valence-electron chi connectivity index (χ2n) is 7.17. The van der Waals surface area contributed by atoms with Crippen molar-refractivity contribution < 1.29 is 4.79 Å². The number of likely N-dealkylation sites (N-methyl/N-ethyl adjacent to an activating group) is 1. The average molecular weight is 396 g/mol. The van der Waals surface area contributed by atoms with Gasteiger partial charge in [0.05, 0.1) is 16.8 Å². The van der Waals surface area contributed by atoms with Gasteiger partial charge in [-0.2, -0.15) is 0 Å². The van der Waals surface area contributed by atoms with Gasteiger partial charge >= 0.3 is 6.03 Å². The number of aryl methyl sites for hydroxylation is 1. The third-order valence-corrected chi connectivity index (χ3v) is 6.19. The van der Waals surface area contributed by atoms with Gasteiger partial charge in [0, 0.05) is 38.6 Å². The summed E-state index contributed by atoms with van der Waals surface area (Å²) in [5.41, 5.74) is 3.23. The van der Waals surface area contributed by atoms with Gasteiger partial charge < -0.3 is 9.80 Å². The number of hydrogen-bond acceptors (Lipinski definition) is 5. The van der Waals surface area contributed by atoms with Crippen LogP contribution in [-0.2, 0) is 13.0 Å². The van der Waals surface area contributed by atoms with Gasteiger partial charge in [-0.05, 0) is 42.8 Å². The number of hydrogen-bond donors (Lipinski definition) is 0. The van der Waals surface area contributed by atoms with Crippen LogP contribution in [0.15, 0.2) is 42.7 Å². The molecule has 1 aromatic carbocycles. The Hall–Kier alpha value is -2.51. The van der Waals surface area contributed by atoms with Crippen LogP contribution in [0.3, 0.4) is 0 Å². The molecule has 1 aliphatic heterocycles. The van der Waals surface area contributed by atoms with E-state index in [0.717, 1.165) is 53.5 Å². The van der Waals surface area contributed by atoms with Gasteiger partial charge in [-0.1, -0.05) is 30.4 Å². The highest BCUT2D eigenvalue weighted by molar-refractivity contribution is 7.22. The molecule has 146 valence electrons.